The Kier molecular flexibility index (Phi) is 23.7. The van der Waals surface area contributed by atoms with Crippen LogP contribution in [-0.2, 0) is 14.6 Å². The van der Waals surface area contributed by atoms with Crippen molar-refractivity contribution in [2.75, 3.05) is 6.61 Å². The molecule has 1 unspecified atom stereocenters. The normalized spacial score (nSPS) is 13.0. The third-order valence-electron chi connectivity index (χ3n) is 4.49. The summed E-state index contributed by atoms with van der Waals surface area (Å²) in [6.07, 6.45) is 20.9. The third-order valence-corrected chi connectivity index (χ3v) is 4.91. The van der Waals surface area contributed by atoms with Crippen molar-refractivity contribution in [2.24, 2.45) is 5.92 Å². The van der Waals surface area contributed by atoms with Crippen molar-refractivity contribution in [2.45, 2.75) is 104 Å². The maximum absolute atomic E-state index is 10.7. The molecule has 0 aromatic rings. The Bertz CT molecular complexity index is 410. The second kappa shape index (κ2) is 21.0. The van der Waals surface area contributed by atoms with Crippen LogP contribution >= 0.6 is 0 Å². The molecule has 0 aromatic carbocycles. The van der Waals surface area contributed by atoms with Crippen LogP contribution < -0.4 is 51.4 Å². The Morgan fingerprint density at radius 3 is 1.88 bits per heavy atom. The van der Waals surface area contributed by atoms with Crippen LogP contribution in [-0.4, -0.2) is 19.6 Å². The van der Waals surface area contributed by atoms with Crippen molar-refractivity contribution in [3.63, 3.8) is 0 Å². The van der Waals surface area contributed by atoms with Crippen molar-refractivity contribution in [1.82, 2.24) is 0 Å². The molecule has 0 fully saturated rings. The summed E-state index contributed by atoms with van der Waals surface area (Å²) in [5.74, 6) is 0.0232. The van der Waals surface area contributed by atoms with Gasteiger partial charge in [-0.25, -0.2) is 8.42 Å². The number of rotatable bonds is 18. The summed E-state index contributed by atoms with van der Waals surface area (Å²) in [4.78, 5) is 0. The molecule has 0 spiro atoms. The minimum atomic E-state index is -4.59. The number of unbranched alkanes of at least 4 members (excludes halogenated alkanes) is 11. The molecule has 0 aliphatic carbocycles. The van der Waals surface area contributed by atoms with Crippen LogP contribution in [0.2, 0.25) is 0 Å². The summed E-state index contributed by atoms with van der Waals surface area (Å²) in [6.45, 7) is 4.40. The summed E-state index contributed by atoms with van der Waals surface area (Å²) in [7, 11) is -4.59. The zero-order valence-electron chi connectivity index (χ0n) is 17.4. The molecule has 0 aliphatic heterocycles. The quantitative estimate of drug-likeness (QED) is 0.114. The third kappa shape index (κ3) is 23.3. The minimum Gasteiger partial charge on any atom is -0.726 e. The van der Waals surface area contributed by atoms with E-state index in [-0.39, 0.29) is 63.9 Å². The van der Waals surface area contributed by atoms with Gasteiger partial charge in [0.25, 0.3) is 0 Å². The average Bonchev–Trinajstić information content (AvgIpc) is 2.56. The van der Waals surface area contributed by atoms with Gasteiger partial charge in [0, 0.05) is 5.92 Å². The maximum Gasteiger partial charge on any atom is 1.00 e. The second-order valence-corrected chi connectivity index (χ2v) is 8.05. The van der Waals surface area contributed by atoms with E-state index in [1.807, 2.05) is 6.08 Å². The molecular formula is C20H39KO4S. The molecule has 0 rings (SSSR count). The van der Waals surface area contributed by atoms with Gasteiger partial charge in [-0.2, -0.15) is 0 Å². The van der Waals surface area contributed by atoms with Crippen LogP contribution in [0.5, 0.6) is 0 Å². The molecule has 1 atom stereocenters. The molecule has 0 heterocycles. The molecular weight excluding hydrogens is 375 g/mol. The molecule has 6 heteroatoms. The van der Waals surface area contributed by atoms with Crippen LogP contribution in [0.1, 0.15) is 104 Å². The molecule has 4 nitrogen and oxygen atoms in total. The van der Waals surface area contributed by atoms with Gasteiger partial charge >= 0.3 is 51.4 Å². The van der Waals surface area contributed by atoms with Gasteiger partial charge in [0.05, 0.1) is 6.61 Å². The number of hydrogen-bond donors (Lipinski definition) is 0. The molecule has 26 heavy (non-hydrogen) atoms. The van der Waals surface area contributed by atoms with Gasteiger partial charge in [0.2, 0.25) is 10.4 Å². The molecule has 0 N–H and O–H groups in total. The molecule has 0 aromatic heterocycles. The fourth-order valence-corrected chi connectivity index (χ4v) is 3.27. The first kappa shape index (κ1) is 29.4. The fourth-order valence-electron chi connectivity index (χ4n) is 2.92. The molecule has 150 valence electrons. The maximum atomic E-state index is 10.7. The first-order valence-corrected chi connectivity index (χ1v) is 11.6. The van der Waals surface area contributed by atoms with E-state index in [0.717, 1.165) is 25.7 Å². The molecule has 0 bridgehead atoms. The monoisotopic (exact) mass is 414 g/mol. The number of allylic oxidation sites excluding steroid dienone is 1. The van der Waals surface area contributed by atoms with E-state index >= 15 is 0 Å². The molecule has 0 saturated carbocycles. The predicted octanol–water partition coefficient (Wildman–Crippen LogP) is 3.14. The second-order valence-electron chi connectivity index (χ2n) is 6.99. The summed E-state index contributed by atoms with van der Waals surface area (Å²) in [5, 5.41) is 0. The van der Waals surface area contributed by atoms with Gasteiger partial charge in [-0.1, -0.05) is 96.6 Å². The van der Waals surface area contributed by atoms with Crippen molar-refractivity contribution in [3.05, 3.63) is 12.2 Å². The standard InChI is InChI=1S/C20H40O4S.K/c1-3-5-7-9-11-13-15-17-20(19-24-25(21,22)23)18-16-14-12-10-8-6-4-2;/h15,17,20H,3-14,16,18-19H2,1-2H3,(H,21,22,23);/q;+1/p-1/b17-15+;. The Morgan fingerprint density at radius 1 is 0.846 bits per heavy atom. The van der Waals surface area contributed by atoms with E-state index in [9.17, 15) is 13.0 Å². The van der Waals surface area contributed by atoms with E-state index in [1.165, 1.54) is 64.2 Å². The fraction of sp³-hybridized carbons (Fsp3) is 0.900. The van der Waals surface area contributed by atoms with E-state index in [4.69, 9.17) is 0 Å². The van der Waals surface area contributed by atoms with E-state index < -0.39 is 10.4 Å². The van der Waals surface area contributed by atoms with Crippen LogP contribution in [0.4, 0.5) is 0 Å². The Morgan fingerprint density at radius 2 is 1.35 bits per heavy atom. The Labute approximate surface area is 205 Å². The number of hydrogen-bond acceptors (Lipinski definition) is 4. The van der Waals surface area contributed by atoms with E-state index in [2.05, 4.69) is 24.1 Å². The largest absolute Gasteiger partial charge is 1.00 e. The van der Waals surface area contributed by atoms with Gasteiger partial charge in [0.15, 0.2) is 0 Å². The summed E-state index contributed by atoms with van der Waals surface area (Å²) < 4.78 is 36.5. The van der Waals surface area contributed by atoms with Gasteiger partial charge in [-0.15, -0.1) is 0 Å². The van der Waals surface area contributed by atoms with Crippen molar-refractivity contribution < 1.29 is 68.5 Å². The zero-order valence-corrected chi connectivity index (χ0v) is 21.3. The summed E-state index contributed by atoms with van der Waals surface area (Å²) in [5.41, 5.74) is 0. The van der Waals surface area contributed by atoms with Gasteiger partial charge in [-0.05, 0) is 19.3 Å². The summed E-state index contributed by atoms with van der Waals surface area (Å²) in [6, 6.07) is 0. The smallest absolute Gasteiger partial charge is 0.726 e. The first-order chi connectivity index (χ1) is 12.0. The van der Waals surface area contributed by atoms with Gasteiger partial charge < -0.3 is 4.55 Å². The van der Waals surface area contributed by atoms with E-state index in [0.29, 0.717) is 0 Å². The van der Waals surface area contributed by atoms with Gasteiger partial charge in [-0.3, -0.25) is 4.18 Å². The van der Waals surface area contributed by atoms with Gasteiger partial charge in [0.1, 0.15) is 0 Å². The van der Waals surface area contributed by atoms with Crippen LogP contribution in [0.3, 0.4) is 0 Å². The van der Waals surface area contributed by atoms with Crippen molar-refractivity contribution >= 4 is 10.4 Å². The zero-order chi connectivity index (χ0) is 18.8. The Hall–Kier alpha value is 1.25. The topological polar surface area (TPSA) is 66.4 Å². The van der Waals surface area contributed by atoms with Crippen LogP contribution in [0.25, 0.3) is 0 Å². The molecule has 0 aliphatic rings. The minimum absolute atomic E-state index is 0. The molecule has 0 amide bonds. The van der Waals surface area contributed by atoms with Crippen molar-refractivity contribution in [1.29, 1.82) is 0 Å². The first-order valence-electron chi connectivity index (χ1n) is 10.3. The van der Waals surface area contributed by atoms with Crippen molar-refractivity contribution in [3.8, 4) is 0 Å². The molecule has 0 radical (unpaired) electrons. The van der Waals surface area contributed by atoms with E-state index in [1.54, 1.807) is 0 Å². The SMILES string of the molecule is CCCCCCC/C=C/C(CCCCCCCCC)COS(=O)(=O)[O-].[K+]. The van der Waals surface area contributed by atoms with Crippen LogP contribution in [0.15, 0.2) is 12.2 Å². The predicted molar refractivity (Wildman–Crippen MR) is 104 cm³/mol. The Balaban J connectivity index is 0. The molecule has 0 saturated heterocycles. The summed E-state index contributed by atoms with van der Waals surface area (Å²) >= 11 is 0. The van der Waals surface area contributed by atoms with Crippen LogP contribution in [0, 0.1) is 5.92 Å². The average molecular weight is 415 g/mol.